The smallest absolute Gasteiger partial charge is 0.107 e. The Balaban J connectivity index is 1.95. The lowest BCUT2D eigenvalue weighted by atomic mass is 9.93. The lowest BCUT2D eigenvalue weighted by Crippen LogP contribution is -2.18. The third-order valence-corrected chi connectivity index (χ3v) is 4.35. The SMILES string of the molecule is C[C@H](NCc1nc(C(C)(C)C)cs1)c1ccc(Cl)cc1. The fourth-order valence-electron chi connectivity index (χ4n) is 1.85. The van der Waals surface area contributed by atoms with E-state index in [2.05, 4.69) is 50.5 Å². The summed E-state index contributed by atoms with van der Waals surface area (Å²) >= 11 is 7.63. The van der Waals surface area contributed by atoms with Crippen LogP contribution >= 0.6 is 22.9 Å². The van der Waals surface area contributed by atoms with E-state index in [1.807, 2.05) is 12.1 Å². The molecule has 20 heavy (non-hydrogen) atoms. The van der Waals surface area contributed by atoms with Crippen molar-refractivity contribution in [1.29, 1.82) is 0 Å². The molecule has 0 saturated heterocycles. The maximum Gasteiger partial charge on any atom is 0.107 e. The van der Waals surface area contributed by atoms with Crippen LogP contribution in [0.4, 0.5) is 0 Å². The molecule has 108 valence electrons. The highest BCUT2D eigenvalue weighted by atomic mass is 35.5. The molecule has 1 aromatic heterocycles. The summed E-state index contributed by atoms with van der Waals surface area (Å²) in [5.41, 5.74) is 2.52. The van der Waals surface area contributed by atoms with Gasteiger partial charge in [-0.25, -0.2) is 4.98 Å². The number of nitrogens with zero attached hydrogens (tertiary/aromatic N) is 1. The number of halogens is 1. The molecule has 1 atom stereocenters. The van der Waals surface area contributed by atoms with Gasteiger partial charge in [0.15, 0.2) is 0 Å². The number of nitrogens with one attached hydrogen (secondary N) is 1. The molecule has 1 heterocycles. The van der Waals surface area contributed by atoms with Crippen LogP contribution in [0.3, 0.4) is 0 Å². The summed E-state index contributed by atoms with van der Waals surface area (Å²) in [4.78, 5) is 4.70. The molecule has 0 fully saturated rings. The van der Waals surface area contributed by atoms with Crippen LogP contribution in [0.5, 0.6) is 0 Å². The van der Waals surface area contributed by atoms with Crippen LogP contribution in [-0.2, 0) is 12.0 Å². The number of hydrogen-bond donors (Lipinski definition) is 1. The van der Waals surface area contributed by atoms with Crippen LogP contribution in [0.1, 0.15) is 50.0 Å². The van der Waals surface area contributed by atoms with Gasteiger partial charge in [0.2, 0.25) is 0 Å². The highest BCUT2D eigenvalue weighted by molar-refractivity contribution is 7.09. The molecule has 0 spiro atoms. The molecule has 0 amide bonds. The predicted octanol–water partition coefficient (Wildman–Crippen LogP) is 4.94. The molecule has 1 aromatic carbocycles. The van der Waals surface area contributed by atoms with E-state index >= 15 is 0 Å². The average molecular weight is 309 g/mol. The zero-order chi connectivity index (χ0) is 14.8. The summed E-state index contributed by atoms with van der Waals surface area (Å²) in [5.74, 6) is 0. The summed E-state index contributed by atoms with van der Waals surface area (Å²) in [7, 11) is 0. The summed E-state index contributed by atoms with van der Waals surface area (Å²) < 4.78 is 0. The lowest BCUT2D eigenvalue weighted by Gasteiger charge is -2.15. The van der Waals surface area contributed by atoms with Gasteiger partial charge in [-0.2, -0.15) is 0 Å². The van der Waals surface area contributed by atoms with Crippen LogP contribution in [-0.4, -0.2) is 4.98 Å². The minimum absolute atomic E-state index is 0.122. The van der Waals surface area contributed by atoms with Crippen LogP contribution < -0.4 is 5.32 Å². The minimum Gasteiger partial charge on any atom is -0.304 e. The van der Waals surface area contributed by atoms with Gasteiger partial charge < -0.3 is 5.32 Å². The van der Waals surface area contributed by atoms with Crippen molar-refractivity contribution in [2.24, 2.45) is 0 Å². The Hall–Kier alpha value is -0.900. The largest absolute Gasteiger partial charge is 0.304 e. The second-order valence-corrected chi connectivity index (χ2v) is 7.41. The van der Waals surface area contributed by atoms with Crippen molar-refractivity contribution in [2.45, 2.75) is 45.7 Å². The highest BCUT2D eigenvalue weighted by Crippen LogP contribution is 2.24. The Morgan fingerprint density at radius 2 is 1.90 bits per heavy atom. The van der Waals surface area contributed by atoms with Crippen molar-refractivity contribution in [3.63, 3.8) is 0 Å². The summed E-state index contributed by atoms with van der Waals surface area (Å²) in [5, 5.41) is 7.57. The van der Waals surface area contributed by atoms with Gasteiger partial charge in [0.05, 0.1) is 5.69 Å². The molecule has 2 rings (SSSR count). The third-order valence-electron chi connectivity index (χ3n) is 3.25. The number of thiazole rings is 1. The van der Waals surface area contributed by atoms with Gasteiger partial charge in [0, 0.05) is 28.4 Å². The van der Waals surface area contributed by atoms with Crippen molar-refractivity contribution in [2.75, 3.05) is 0 Å². The molecule has 0 radical (unpaired) electrons. The van der Waals surface area contributed by atoms with Crippen molar-refractivity contribution >= 4 is 22.9 Å². The van der Waals surface area contributed by atoms with Crippen molar-refractivity contribution < 1.29 is 0 Å². The number of benzene rings is 1. The van der Waals surface area contributed by atoms with E-state index in [1.165, 1.54) is 11.3 Å². The van der Waals surface area contributed by atoms with Crippen LogP contribution in [0, 0.1) is 0 Å². The Kier molecular flexibility index (Phi) is 4.84. The monoisotopic (exact) mass is 308 g/mol. The van der Waals surface area contributed by atoms with Crippen LogP contribution in [0.2, 0.25) is 5.02 Å². The quantitative estimate of drug-likeness (QED) is 0.865. The molecule has 0 bridgehead atoms. The molecule has 0 saturated carbocycles. The van der Waals surface area contributed by atoms with E-state index in [0.29, 0.717) is 0 Å². The number of hydrogen-bond acceptors (Lipinski definition) is 3. The topological polar surface area (TPSA) is 24.9 Å². The molecule has 0 aliphatic rings. The third kappa shape index (κ3) is 4.05. The van der Waals surface area contributed by atoms with Crippen molar-refractivity contribution in [3.05, 3.63) is 50.9 Å². The van der Waals surface area contributed by atoms with E-state index < -0.39 is 0 Å². The zero-order valence-corrected chi connectivity index (χ0v) is 14.0. The predicted molar refractivity (Wildman–Crippen MR) is 87.5 cm³/mol. The number of rotatable bonds is 4. The van der Waals surface area contributed by atoms with E-state index in [4.69, 9.17) is 16.6 Å². The zero-order valence-electron chi connectivity index (χ0n) is 12.4. The first-order valence-electron chi connectivity index (χ1n) is 6.80. The second-order valence-electron chi connectivity index (χ2n) is 6.03. The van der Waals surface area contributed by atoms with Crippen molar-refractivity contribution in [1.82, 2.24) is 10.3 Å². The summed E-state index contributed by atoms with van der Waals surface area (Å²) in [6, 6.07) is 8.26. The highest BCUT2D eigenvalue weighted by Gasteiger charge is 2.17. The van der Waals surface area contributed by atoms with Gasteiger partial charge in [-0.05, 0) is 24.6 Å². The minimum atomic E-state index is 0.122. The summed E-state index contributed by atoms with van der Waals surface area (Å²) in [6.07, 6.45) is 0. The Morgan fingerprint density at radius 3 is 2.45 bits per heavy atom. The molecule has 2 nitrogen and oxygen atoms in total. The Labute approximate surface area is 130 Å². The van der Waals surface area contributed by atoms with E-state index in [0.717, 1.165) is 16.6 Å². The maximum absolute atomic E-state index is 5.91. The van der Waals surface area contributed by atoms with Gasteiger partial charge in [-0.1, -0.05) is 44.5 Å². The molecule has 2 aromatic rings. The lowest BCUT2D eigenvalue weighted by molar-refractivity contribution is 0.554. The van der Waals surface area contributed by atoms with E-state index in [-0.39, 0.29) is 11.5 Å². The second kappa shape index (κ2) is 6.25. The first kappa shape index (κ1) is 15.5. The molecule has 4 heteroatoms. The molecule has 0 aliphatic carbocycles. The van der Waals surface area contributed by atoms with Crippen LogP contribution in [0.15, 0.2) is 29.6 Å². The van der Waals surface area contributed by atoms with Crippen molar-refractivity contribution in [3.8, 4) is 0 Å². The first-order valence-corrected chi connectivity index (χ1v) is 8.06. The van der Waals surface area contributed by atoms with Gasteiger partial charge >= 0.3 is 0 Å². The molecular weight excluding hydrogens is 288 g/mol. The van der Waals surface area contributed by atoms with Gasteiger partial charge in [-0.3, -0.25) is 0 Å². The normalized spacial score (nSPS) is 13.4. The summed E-state index contributed by atoms with van der Waals surface area (Å²) in [6.45, 7) is 9.52. The first-order chi connectivity index (χ1) is 9.36. The maximum atomic E-state index is 5.91. The fraction of sp³-hybridized carbons (Fsp3) is 0.438. The number of aromatic nitrogens is 1. The van der Waals surface area contributed by atoms with Gasteiger partial charge in [0.25, 0.3) is 0 Å². The van der Waals surface area contributed by atoms with Gasteiger partial charge in [-0.15, -0.1) is 11.3 Å². The van der Waals surface area contributed by atoms with E-state index in [1.54, 1.807) is 11.3 Å². The molecule has 1 N–H and O–H groups in total. The molecule has 0 unspecified atom stereocenters. The van der Waals surface area contributed by atoms with E-state index in [9.17, 15) is 0 Å². The molecule has 0 aliphatic heterocycles. The van der Waals surface area contributed by atoms with Gasteiger partial charge in [0.1, 0.15) is 5.01 Å². The fourth-order valence-corrected chi connectivity index (χ4v) is 2.94. The Bertz CT molecular complexity index is 555. The standard InChI is InChI=1S/C16H21ClN2S/c1-11(12-5-7-13(17)8-6-12)18-9-15-19-14(10-20-15)16(2,3)4/h5-8,10-11,18H,9H2,1-4H3/t11-/m0/s1. The Morgan fingerprint density at radius 1 is 1.25 bits per heavy atom. The molecular formula is C16H21ClN2S. The van der Waals surface area contributed by atoms with Crippen LogP contribution in [0.25, 0.3) is 0 Å². The average Bonchev–Trinajstić information content (AvgIpc) is 2.85.